The summed E-state index contributed by atoms with van der Waals surface area (Å²) in [7, 11) is 0. The summed E-state index contributed by atoms with van der Waals surface area (Å²) in [5.74, 6) is -0.450. The number of amides is 2. The van der Waals surface area contributed by atoms with Crippen molar-refractivity contribution in [3.8, 4) is 0 Å². The molecule has 0 spiro atoms. The van der Waals surface area contributed by atoms with Crippen LogP contribution in [0.1, 0.15) is 35.4 Å². The molecule has 2 N–H and O–H groups in total. The average Bonchev–Trinajstić information content (AvgIpc) is 2.88. The Morgan fingerprint density at radius 2 is 2.29 bits per heavy atom. The Labute approximate surface area is 129 Å². The van der Waals surface area contributed by atoms with Gasteiger partial charge in [-0.2, -0.15) is 0 Å². The van der Waals surface area contributed by atoms with E-state index in [4.69, 9.17) is 5.11 Å². The first-order chi connectivity index (χ1) is 10.0. The molecule has 1 saturated heterocycles. The predicted octanol–water partition coefficient (Wildman–Crippen LogP) is 2.84. The van der Waals surface area contributed by atoms with Gasteiger partial charge in [-0.3, -0.25) is 4.79 Å². The van der Waals surface area contributed by atoms with Crippen molar-refractivity contribution in [2.75, 3.05) is 13.1 Å². The Hall–Kier alpha value is -1.56. The van der Waals surface area contributed by atoms with Gasteiger partial charge in [-0.15, -0.1) is 11.3 Å². The van der Waals surface area contributed by atoms with Crippen molar-refractivity contribution in [1.29, 1.82) is 0 Å². The van der Waals surface area contributed by atoms with Gasteiger partial charge in [0.25, 0.3) is 0 Å². The molecule has 2 amide bonds. The highest BCUT2D eigenvalue weighted by atomic mass is 32.1. The van der Waals surface area contributed by atoms with Crippen molar-refractivity contribution in [1.82, 2.24) is 10.2 Å². The topological polar surface area (TPSA) is 69.6 Å². The lowest BCUT2D eigenvalue weighted by molar-refractivity contribution is -0.137. The molecule has 1 aromatic heterocycles. The molecule has 0 aliphatic carbocycles. The molecule has 5 nitrogen and oxygen atoms in total. The van der Waals surface area contributed by atoms with Crippen molar-refractivity contribution in [2.45, 2.75) is 39.2 Å². The second-order valence-electron chi connectivity index (χ2n) is 5.56. The van der Waals surface area contributed by atoms with Crippen molar-refractivity contribution < 1.29 is 14.7 Å². The number of aliphatic carboxylic acids is 1. The van der Waals surface area contributed by atoms with Crippen molar-refractivity contribution >= 4 is 23.3 Å². The zero-order valence-electron chi connectivity index (χ0n) is 12.3. The molecule has 0 aromatic carbocycles. The third kappa shape index (κ3) is 5.04. The summed E-state index contributed by atoms with van der Waals surface area (Å²) in [4.78, 5) is 27.0. The maximum atomic E-state index is 12.2. The van der Waals surface area contributed by atoms with Gasteiger partial charge in [0, 0.05) is 29.3 Å². The van der Waals surface area contributed by atoms with Crippen LogP contribution in [-0.4, -0.2) is 35.1 Å². The SMILES string of the molecule is Cc1ccc(CNC(=O)N2CCCC(CCC(=O)O)C2)s1. The third-order valence-corrected chi connectivity index (χ3v) is 4.78. The van der Waals surface area contributed by atoms with Crippen LogP contribution in [0.25, 0.3) is 0 Å². The Morgan fingerprint density at radius 1 is 1.48 bits per heavy atom. The van der Waals surface area contributed by atoms with E-state index in [0.717, 1.165) is 24.3 Å². The number of rotatable bonds is 5. The lowest BCUT2D eigenvalue weighted by atomic mass is 9.93. The first-order valence-corrected chi connectivity index (χ1v) is 8.16. The summed E-state index contributed by atoms with van der Waals surface area (Å²) in [5, 5.41) is 11.7. The van der Waals surface area contributed by atoms with Crippen LogP contribution in [0.15, 0.2) is 12.1 Å². The molecule has 116 valence electrons. The molecular formula is C15H22N2O3S. The van der Waals surface area contributed by atoms with Crippen molar-refractivity contribution in [3.63, 3.8) is 0 Å². The molecule has 1 atom stereocenters. The van der Waals surface area contributed by atoms with Crippen LogP contribution in [0.5, 0.6) is 0 Å². The van der Waals surface area contributed by atoms with Gasteiger partial charge in [0.15, 0.2) is 0 Å². The molecule has 1 aliphatic rings. The molecule has 1 fully saturated rings. The number of nitrogens with one attached hydrogen (secondary N) is 1. The molecule has 2 heterocycles. The number of carbonyl (C=O) groups is 2. The summed E-state index contributed by atoms with van der Waals surface area (Å²) in [6, 6.07) is 4.04. The molecule has 1 unspecified atom stereocenters. The minimum absolute atomic E-state index is 0.0407. The zero-order chi connectivity index (χ0) is 15.2. The average molecular weight is 310 g/mol. The number of thiophene rings is 1. The second kappa shape index (κ2) is 7.45. The maximum Gasteiger partial charge on any atom is 0.317 e. The van der Waals surface area contributed by atoms with E-state index < -0.39 is 5.97 Å². The summed E-state index contributed by atoms with van der Waals surface area (Å²) < 4.78 is 0. The van der Waals surface area contributed by atoms with Gasteiger partial charge in [-0.25, -0.2) is 4.79 Å². The van der Waals surface area contributed by atoms with Gasteiger partial charge in [-0.1, -0.05) is 0 Å². The highest BCUT2D eigenvalue weighted by Gasteiger charge is 2.23. The van der Waals surface area contributed by atoms with Crippen molar-refractivity contribution in [3.05, 3.63) is 21.9 Å². The number of carbonyl (C=O) groups excluding carboxylic acids is 1. The fourth-order valence-corrected chi connectivity index (χ4v) is 3.50. The van der Waals surface area contributed by atoms with Crippen molar-refractivity contribution in [2.24, 2.45) is 5.92 Å². The van der Waals surface area contributed by atoms with Gasteiger partial charge in [0.05, 0.1) is 6.54 Å². The first-order valence-electron chi connectivity index (χ1n) is 7.34. The van der Waals surface area contributed by atoms with Gasteiger partial charge in [-0.05, 0) is 44.2 Å². The molecule has 0 saturated carbocycles. The van der Waals surface area contributed by atoms with E-state index in [9.17, 15) is 9.59 Å². The Morgan fingerprint density at radius 3 is 2.95 bits per heavy atom. The lowest BCUT2D eigenvalue weighted by Gasteiger charge is -2.32. The summed E-state index contributed by atoms with van der Waals surface area (Å²) in [5.41, 5.74) is 0. The van der Waals surface area contributed by atoms with E-state index in [1.165, 1.54) is 4.88 Å². The van der Waals surface area contributed by atoms with Crippen LogP contribution in [0.4, 0.5) is 4.79 Å². The smallest absolute Gasteiger partial charge is 0.317 e. The molecule has 1 aromatic rings. The number of likely N-dealkylation sites (tertiary alicyclic amines) is 1. The van der Waals surface area contributed by atoms with Crippen LogP contribution < -0.4 is 5.32 Å². The quantitative estimate of drug-likeness (QED) is 0.878. The number of piperidine rings is 1. The predicted molar refractivity (Wildman–Crippen MR) is 82.5 cm³/mol. The molecule has 0 bridgehead atoms. The summed E-state index contributed by atoms with van der Waals surface area (Å²) >= 11 is 1.69. The van der Waals surface area contributed by atoms with Gasteiger partial charge >= 0.3 is 12.0 Å². The Kier molecular flexibility index (Phi) is 5.61. The number of hydrogen-bond donors (Lipinski definition) is 2. The molecule has 2 rings (SSSR count). The van der Waals surface area contributed by atoms with E-state index in [0.29, 0.717) is 25.4 Å². The highest BCUT2D eigenvalue weighted by molar-refractivity contribution is 7.11. The zero-order valence-corrected chi connectivity index (χ0v) is 13.1. The molecule has 21 heavy (non-hydrogen) atoms. The number of carboxylic acid groups (broad SMARTS) is 1. The molecule has 0 radical (unpaired) electrons. The molecule has 1 aliphatic heterocycles. The number of hydrogen-bond acceptors (Lipinski definition) is 3. The minimum atomic E-state index is -0.760. The molecular weight excluding hydrogens is 288 g/mol. The summed E-state index contributed by atoms with van der Waals surface area (Å²) in [6.45, 7) is 4.04. The minimum Gasteiger partial charge on any atom is -0.481 e. The maximum absolute atomic E-state index is 12.2. The second-order valence-corrected chi connectivity index (χ2v) is 6.93. The monoisotopic (exact) mass is 310 g/mol. The van der Waals surface area contributed by atoms with E-state index in [1.54, 1.807) is 11.3 Å². The standard InChI is InChI=1S/C15H22N2O3S/c1-11-4-6-13(21-11)9-16-15(20)17-8-2-3-12(10-17)5-7-14(18)19/h4,6,12H,2-3,5,7-10H2,1H3,(H,16,20)(H,18,19). The fraction of sp³-hybridized carbons (Fsp3) is 0.600. The highest BCUT2D eigenvalue weighted by Crippen LogP contribution is 2.21. The van der Waals surface area contributed by atoms with Gasteiger partial charge in [0.2, 0.25) is 0 Å². The van der Waals surface area contributed by atoms with Crippen LogP contribution in [0.2, 0.25) is 0 Å². The van der Waals surface area contributed by atoms with Gasteiger partial charge in [0.1, 0.15) is 0 Å². The Balaban J connectivity index is 1.77. The van der Waals surface area contributed by atoms with E-state index in [2.05, 4.69) is 11.4 Å². The normalized spacial score (nSPS) is 18.5. The number of aryl methyl sites for hydroxylation is 1. The van der Waals surface area contributed by atoms with Crippen LogP contribution in [0, 0.1) is 12.8 Å². The Bertz CT molecular complexity index is 501. The number of urea groups is 1. The largest absolute Gasteiger partial charge is 0.481 e. The van der Waals surface area contributed by atoms with Crippen LogP contribution in [0.3, 0.4) is 0 Å². The van der Waals surface area contributed by atoms with E-state index in [1.807, 2.05) is 17.9 Å². The fourth-order valence-electron chi connectivity index (χ4n) is 2.67. The lowest BCUT2D eigenvalue weighted by Crippen LogP contribution is -2.45. The number of carboxylic acids is 1. The van der Waals surface area contributed by atoms with E-state index in [-0.39, 0.29) is 12.5 Å². The third-order valence-electron chi connectivity index (χ3n) is 3.78. The summed E-state index contributed by atoms with van der Waals surface area (Å²) in [6.07, 6.45) is 2.81. The van der Waals surface area contributed by atoms with Gasteiger partial charge < -0.3 is 15.3 Å². The van der Waals surface area contributed by atoms with Crippen LogP contribution >= 0.6 is 11.3 Å². The van der Waals surface area contributed by atoms with Crippen LogP contribution in [-0.2, 0) is 11.3 Å². The van der Waals surface area contributed by atoms with E-state index >= 15 is 0 Å². The first kappa shape index (κ1) is 15.8. The number of nitrogens with zero attached hydrogens (tertiary/aromatic N) is 1. The molecule has 6 heteroatoms.